The van der Waals surface area contributed by atoms with E-state index in [1.807, 2.05) is 0 Å². The molecule has 0 aliphatic rings. The Morgan fingerprint density at radius 2 is 2.00 bits per heavy atom. The van der Waals surface area contributed by atoms with Crippen molar-refractivity contribution >= 4 is 5.69 Å². The summed E-state index contributed by atoms with van der Waals surface area (Å²) in [7, 11) is 1.47. The molecule has 20 heavy (non-hydrogen) atoms. The fraction of sp³-hybridized carbons (Fsp3) is 0.571. The van der Waals surface area contributed by atoms with Gasteiger partial charge >= 0.3 is 0 Å². The van der Waals surface area contributed by atoms with E-state index in [-0.39, 0.29) is 5.69 Å². The SMILES string of the molecule is COc1cc([N+](=O)[O-])ccc1OCC(C)CNC(C)C. The van der Waals surface area contributed by atoms with Gasteiger partial charge in [0.05, 0.1) is 24.7 Å². The maximum absolute atomic E-state index is 10.7. The molecule has 0 saturated carbocycles. The zero-order chi connectivity index (χ0) is 15.1. The summed E-state index contributed by atoms with van der Waals surface area (Å²) in [6.07, 6.45) is 0. The van der Waals surface area contributed by atoms with Gasteiger partial charge in [0.25, 0.3) is 5.69 Å². The molecule has 0 fully saturated rings. The summed E-state index contributed by atoms with van der Waals surface area (Å²) in [6, 6.07) is 4.78. The Morgan fingerprint density at radius 1 is 1.30 bits per heavy atom. The number of hydrogen-bond acceptors (Lipinski definition) is 5. The van der Waals surface area contributed by atoms with E-state index in [2.05, 4.69) is 26.1 Å². The topological polar surface area (TPSA) is 73.6 Å². The third-order valence-electron chi connectivity index (χ3n) is 2.76. The van der Waals surface area contributed by atoms with E-state index in [1.165, 1.54) is 19.2 Å². The molecule has 0 aliphatic heterocycles. The molecule has 0 aromatic heterocycles. The number of non-ortho nitro benzene ring substituents is 1. The lowest BCUT2D eigenvalue weighted by Crippen LogP contribution is -2.30. The molecular weight excluding hydrogens is 260 g/mol. The van der Waals surface area contributed by atoms with Gasteiger partial charge in [-0.25, -0.2) is 0 Å². The lowest BCUT2D eigenvalue weighted by atomic mass is 10.2. The lowest BCUT2D eigenvalue weighted by molar-refractivity contribution is -0.384. The van der Waals surface area contributed by atoms with Crippen molar-refractivity contribution in [2.45, 2.75) is 26.8 Å². The molecule has 1 unspecified atom stereocenters. The van der Waals surface area contributed by atoms with Gasteiger partial charge < -0.3 is 14.8 Å². The second-order valence-electron chi connectivity index (χ2n) is 5.07. The average Bonchev–Trinajstić information content (AvgIpc) is 2.42. The second kappa shape index (κ2) is 7.69. The monoisotopic (exact) mass is 282 g/mol. The highest BCUT2D eigenvalue weighted by Crippen LogP contribution is 2.31. The Balaban J connectivity index is 2.61. The minimum atomic E-state index is -0.457. The quantitative estimate of drug-likeness (QED) is 0.586. The van der Waals surface area contributed by atoms with Crippen LogP contribution in [0.5, 0.6) is 11.5 Å². The van der Waals surface area contributed by atoms with E-state index in [4.69, 9.17) is 9.47 Å². The van der Waals surface area contributed by atoms with Crippen molar-refractivity contribution in [3.63, 3.8) is 0 Å². The highest BCUT2D eigenvalue weighted by molar-refractivity contribution is 5.48. The Hall–Kier alpha value is -1.82. The first-order chi connectivity index (χ1) is 9.43. The number of methoxy groups -OCH3 is 1. The molecular formula is C14H22N2O4. The van der Waals surface area contributed by atoms with Crippen LogP contribution >= 0.6 is 0 Å². The van der Waals surface area contributed by atoms with Gasteiger partial charge in [-0.15, -0.1) is 0 Å². The summed E-state index contributed by atoms with van der Waals surface area (Å²) in [5.74, 6) is 1.23. The number of benzene rings is 1. The summed E-state index contributed by atoms with van der Waals surface area (Å²) in [4.78, 5) is 10.2. The summed E-state index contributed by atoms with van der Waals surface area (Å²) in [5.41, 5.74) is -0.0104. The first-order valence-corrected chi connectivity index (χ1v) is 6.62. The van der Waals surface area contributed by atoms with Gasteiger partial charge in [0.15, 0.2) is 11.5 Å². The van der Waals surface area contributed by atoms with Crippen molar-refractivity contribution < 1.29 is 14.4 Å². The van der Waals surface area contributed by atoms with E-state index >= 15 is 0 Å². The molecule has 1 aromatic rings. The smallest absolute Gasteiger partial charge is 0.273 e. The fourth-order valence-electron chi connectivity index (χ4n) is 1.62. The van der Waals surface area contributed by atoms with Gasteiger partial charge in [0.1, 0.15) is 0 Å². The summed E-state index contributed by atoms with van der Waals surface area (Å²) in [6.45, 7) is 7.63. The molecule has 1 atom stereocenters. The van der Waals surface area contributed by atoms with E-state index in [0.29, 0.717) is 30.1 Å². The molecule has 0 amide bonds. The van der Waals surface area contributed by atoms with Crippen LogP contribution in [-0.4, -0.2) is 31.2 Å². The van der Waals surface area contributed by atoms with Crippen LogP contribution in [0.4, 0.5) is 5.69 Å². The van der Waals surface area contributed by atoms with Crippen LogP contribution in [0.15, 0.2) is 18.2 Å². The molecule has 0 saturated heterocycles. The van der Waals surface area contributed by atoms with Crippen molar-refractivity contribution in [1.29, 1.82) is 0 Å². The van der Waals surface area contributed by atoms with Crippen molar-refractivity contribution in [2.24, 2.45) is 5.92 Å². The lowest BCUT2D eigenvalue weighted by Gasteiger charge is -2.16. The maximum atomic E-state index is 10.7. The highest BCUT2D eigenvalue weighted by atomic mass is 16.6. The number of hydrogen-bond donors (Lipinski definition) is 1. The summed E-state index contributed by atoms with van der Waals surface area (Å²) >= 11 is 0. The Morgan fingerprint density at radius 3 is 2.55 bits per heavy atom. The number of ether oxygens (including phenoxy) is 2. The Labute approximate surface area is 119 Å². The van der Waals surface area contributed by atoms with Crippen LogP contribution in [-0.2, 0) is 0 Å². The standard InChI is InChI=1S/C14H22N2O4/c1-10(2)15-8-11(3)9-20-13-6-5-12(16(17)18)7-14(13)19-4/h5-7,10-11,15H,8-9H2,1-4H3. The fourth-order valence-corrected chi connectivity index (χ4v) is 1.62. The predicted molar refractivity (Wildman–Crippen MR) is 77.4 cm³/mol. The van der Waals surface area contributed by atoms with Crippen LogP contribution in [0.1, 0.15) is 20.8 Å². The molecule has 112 valence electrons. The van der Waals surface area contributed by atoms with Crippen LogP contribution in [0.25, 0.3) is 0 Å². The number of nitro groups is 1. The molecule has 0 spiro atoms. The van der Waals surface area contributed by atoms with Crippen molar-refractivity contribution in [2.75, 3.05) is 20.3 Å². The summed E-state index contributed by atoms with van der Waals surface area (Å²) < 4.78 is 10.8. The normalized spacial score (nSPS) is 12.2. The minimum absolute atomic E-state index is 0.0104. The molecule has 0 heterocycles. The Bertz CT molecular complexity index is 449. The molecule has 1 rings (SSSR count). The molecule has 0 bridgehead atoms. The molecule has 6 heteroatoms. The number of nitro benzene ring substituents is 1. The maximum Gasteiger partial charge on any atom is 0.273 e. The third kappa shape index (κ3) is 5.05. The van der Waals surface area contributed by atoms with Crippen molar-refractivity contribution in [1.82, 2.24) is 5.32 Å². The highest BCUT2D eigenvalue weighted by Gasteiger charge is 2.13. The van der Waals surface area contributed by atoms with Crippen LogP contribution in [0.2, 0.25) is 0 Å². The van der Waals surface area contributed by atoms with Crippen LogP contribution < -0.4 is 14.8 Å². The van der Waals surface area contributed by atoms with E-state index in [1.54, 1.807) is 6.07 Å². The molecule has 0 radical (unpaired) electrons. The van der Waals surface area contributed by atoms with Crippen molar-refractivity contribution in [3.8, 4) is 11.5 Å². The first-order valence-electron chi connectivity index (χ1n) is 6.62. The molecule has 1 aromatic carbocycles. The number of nitrogens with zero attached hydrogens (tertiary/aromatic N) is 1. The zero-order valence-electron chi connectivity index (χ0n) is 12.4. The second-order valence-corrected chi connectivity index (χ2v) is 5.07. The van der Waals surface area contributed by atoms with Gasteiger partial charge in [-0.3, -0.25) is 10.1 Å². The van der Waals surface area contributed by atoms with Gasteiger partial charge in [-0.1, -0.05) is 20.8 Å². The van der Waals surface area contributed by atoms with Crippen LogP contribution in [0, 0.1) is 16.0 Å². The Kier molecular flexibility index (Phi) is 6.24. The number of nitrogens with one attached hydrogen (secondary N) is 1. The van der Waals surface area contributed by atoms with Gasteiger partial charge in [-0.05, 0) is 6.07 Å². The summed E-state index contributed by atoms with van der Waals surface area (Å²) in [5, 5.41) is 14.0. The van der Waals surface area contributed by atoms with Gasteiger partial charge in [0, 0.05) is 24.6 Å². The minimum Gasteiger partial charge on any atom is -0.493 e. The third-order valence-corrected chi connectivity index (χ3v) is 2.76. The predicted octanol–water partition coefficient (Wildman–Crippen LogP) is 2.62. The molecule has 6 nitrogen and oxygen atoms in total. The molecule has 0 aliphatic carbocycles. The van der Waals surface area contributed by atoms with Gasteiger partial charge in [-0.2, -0.15) is 0 Å². The van der Waals surface area contributed by atoms with Crippen molar-refractivity contribution in [3.05, 3.63) is 28.3 Å². The van der Waals surface area contributed by atoms with Crippen LogP contribution in [0.3, 0.4) is 0 Å². The average molecular weight is 282 g/mol. The van der Waals surface area contributed by atoms with E-state index in [0.717, 1.165) is 6.54 Å². The zero-order valence-corrected chi connectivity index (χ0v) is 12.4. The van der Waals surface area contributed by atoms with Gasteiger partial charge in [0.2, 0.25) is 0 Å². The number of rotatable bonds is 8. The first kappa shape index (κ1) is 16.2. The van der Waals surface area contributed by atoms with E-state index < -0.39 is 4.92 Å². The molecule has 1 N–H and O–H groups in total. The van der Waals surface area contributed by atoms with E-state index in [9.17, 15) is 10.1 Å². The largest absolute Gasteiger partial charge is 0.493 e.